The van der Waals surface area contributed by atoms with Crippen LogP contribution in [0.4, 0.5) is 0 Å². The third-order valence-corrected chi connectivity index (χ3v) is 18.9. The van der Waals surface area contributed by atoms with Crippen molar-refractivity contribution in [1.82, 2.24) is 0 Å². The third kappa shape index (κ3) is 7.58. The molecule has 0 spiro atoms. The molecule has 8 rings (SSSR count). The van der Waals surface area contributed by atoms with E-state index in [2.05, 4.69) is 54.5 Å². The largest absolute Gasteiger partial charge is 0.432 e. The Labute approximate surface area is 376 Å². The fourth-order valence-electron chi connectivity index (χ4n) is 14.7. The van der Waals surface area contributed by atoms with Crippen molar-refractivity contribution >= 4 is 5.97 Å². The zero-order chi connectivity index (χ0) is 46.7. The van der Waals surface area contributed by atoms with Gasteiger partial charge in [-0.2, -0.15) is 0 Å². The van der Waals surface area contributed by atoms with Crippen molar-refractivity contribution in [2.45, 2.75) is 205 Å². The number of fused-ring (bicyclic) bond motifs is 7. The van der Waals surface area contributed by atoms with E-state index in [1.54, 1.807) is 0 Å². The Morgan fingerprint density at radius 1 is 0.672 bits per heavy atom. The lowest BCUT2D eigenvalue weighted by atomic mass is 9.33. The molecule has 3 saturated heterocycles. The Hall–Kier alpha value is -1.39. The molecule has 7 fully saturated rings. The molecule has 0 amide bonds. The monoisotopic (exact) mass is 913 g/mol. The third-order valence-electron chi connectivity index (χ3n) is 18.9. The van der Waals surface area contributed by atoms with Gasteiger partial charge in [0.15, 0.2) is 12.6 Å². The van der Waals surface area contributed by atoms with Gasteiger partial charge in [0.2, 0.25) is 6.29 Å². The number of hydrogen-bond donors (Lipinski definition) is 10. The molecule has 64 heavy (non-hydrogen) atoms. The van der Waals surface area contributed by atoms with Crippen LogP contribution in [0.25, 0.3) is 0 Å². The number of esters is 1. The maximum Gasteiger partial charge on any atom is 0.315 e. The van der Waals surface area contributed by atoms with E-state index < -0.39 is 122 Å². The van der Waals surface area contributed by atoms with Crippen molar-refractivity contribution < 1.29 is 84.3 Å². The molecule has 3 heterocycles. The first-order valence-electron chi connectivity index (χ1n) is 23.7. The predicted molar refractivity (Wildman–Crippen MR) is 224 cm³/mol. The SMILES string of the molecule is CC1(C)CC[C@]2(C(=O)O[C@@H]3O[C@H](CO)[C@@H](O)[C@H](O)[C@H]3O)CC[C@]3(C)C(=CCC4[C@@]5(C)CCC(O[C@H]6O[C@H](CO)[C@H](O)[C@H](O)[C@H]6O[C@H]6OC[C@H](O)[C@@H](O)[C@H]6O)C(C)(C)C5CC[C@]43C)C2C1. The topological polar surface area (TPSA) is 275 Å². The molecule has 0 radical (unpaired) electrons. The molecule has 0 aromatic carbocycles. The number of carbonyl (C=O) groups is 1. The quantitative estimate of drug-likeness (QED) is 0.0916. The molecule has 0 bridgehead atoms. The summed E-state index contributed by atoms with van der Waals surface area (Å²) in [5.74, 6) is -0.147. The highest BCUT2D eigenvalue weighted by molar-refractivity contribution is 5.79. The second kappa shape index (κ2) is 17.2. The van der Waals surface area contributed by atoms with Gasteiger partial charge in [0.1, 0.15) is 67.1 Å². The van der Waals surface area contributed by atoms with Gasteiger partial charge in [-0.05, 0) is 109 Å². The number of aliphatic hydroxyl groups excluding tert-OH is 10. The molecule has 10 N–H and O–H groups in total. The maximum absolute atomic E-state index is 14.7. The average molecular weight is 913 g/mol. The van der Waals surface area contributed by atoms with Crippen molar-refractivity contribution in [3.8, 4) is 0 Å². The Bertz CT molecular complexity index is 1740. The lowest BCUT2D eigenvalue weighted by Crippen LogP contribution is -2.66. The van der Waals surface area contributed by atoms with Gasteiger partial charge in [0.25, 0.3) is 0 Å². The van der Waals surface area contributed by atoms with Gasteiger partial charge in [-0.25, -0.2) is 0 Å². The first-order chi connectivity index (χ1) is 29.9. The van der Waals surface area contributed by atoms with Crippen molar-refractivity contribution in [3.05, 3.63) is 11.6 Å². The summed E-state index contributed by atoms with van der Waals surface area (Å²) < 4.78 is 36.0. The molecule has 17 nitrogen and oxygen atoms in total. The number of carbonyl (C=O) groups excluding carboxylic acids is 1. The molecule has 366 valence electrons. The minimum atomic E-state index is -1.68. The zero-order valence-corrected chi connectivity index (χ0v) is 38.5. The van der Waals surface area contributed by atoms with Crippen LogP contribution >= 0.6 is 0 Å². The van der Waals surface area contributed by atoms with Crippen LogP contribution in [0.1, 0.15) is 113 Å². The Morgan fingerprint density at radius 2 is 1.30 bits per heavy atom. The minimum Gasteiger partial charge on any atom is -0.432 e. The van der Waals surface area contributed by atoms with Crippen LogP contribution < -0.4 is 0 Å². The minimum absolute atomic E-state index is 0.0507. The second-order valence-electron chi connectivity index (χ2n) is 23.0. The molecule has 0 aromatic rings. The summed E-state index contributed by atoms with van der Waals surface area (Å²) in [6, 6.07) is 0. The van der Waals surface area contributed by atoms with Crippen LogP contribution in [0.2, 0.25) is 0 Å². The zero-order valence-electron chi connectivity index (χ0n) is 38.5. The highest BCUT2D eigenvalue weighted by atomic mass is 16.8. The molecule has 17 heteroatoms. The van der Waals surface area contributed by atoms with Crippen LogP contribution in [0, 0.1) is 50.2 Å². The van der Waals surface area contributed by atoms with E-state index in [0.717, 1.165) is 44.9 Å². The highest BCUT2D eigenvalue weighted by Gasteiger charge is 2.70. The first-order valence-corrected chi connectivity index (χ1v) is 23.7. The van der Waals surface area contributed by atoms with E-state index in [9.17, 15) is 55.9 Å². The van der Waals surface area contributed by atoms with Crippen LogP contribution in [0.15, 0.2) is 11.6 Å². The molecule has 22 atom stereocenters. The summed E-state index contributed by atoms with van der Waals surface area (Å²) in [6.07, 6.45) is -11.1. The molecule has 4 unspecified atom stereocenters. The Balaban J connectivity index is 1.04. The molecule has 0 aromatic heterocycles. The summed E-state index contributed by atoms with van der Waals surface area (Å²) in [5, 5.41) is 105. The van der Waals surface area contributed by atoms with Gasteiger partial charge in [0, 0.05) is 0 Å². The summed E-state index contributed by atoms with van der Waals surface area (Å²) in [6.45, 7) is 14.6. The van der Waals surface area contributed by atoms with Gasteiger partial charge in [-0.1, -0.05) is 60.1 Å². The fraction of sp³-hybridized carbons (Fsp3) is 0.936. The normalized spacial score (nSPS) is 53.4. The van der Waals surface area contributed by atoms with Gasteiger partial charge in [-0.15, -0.1) is 0 Å². The predicted octanol–water partition coefficient (Wildman–Crippen LogP) is 0.780. The molecule has 8 aliphatic rings. The number of hydrogen-bond acceptors (Lipinski definition) is 17. The first kappa shape index (κ1) is 49.0. The van der Waals surface area contributed by atoms with Crippen molar-refractivity contribution in [2.75, 3.05) is 19.8 Å². The number of allylic oxidation sites excluding steroid dienone is 2. The highest BCUT2D eigenvalue weighted by Crippen LogP contribution is 2.76. The lowest BCUT2D eigenvalue weighted by Gasteiger charge is -2.71. The maximum atomic E-state index is 14.7. The van der Waals surface area contributed by atoms with Crippen LogP contribution in [0.3, 0.4) is 0 Å². The Morgan fingerprint density at radius 3 is 1.97 bits per heavy atom. The van der Waals surface area contributed by atoms with Gasteiger partial charge in [0.05, 0.1) is 31.3 Å². The van der Waals surface area contributed by atoms with E-state index in [1.807, 2.05) is 0 Å². The molecule has 4 saturated carbocycles. The van der Waals surface area contributed by atoms with E-state index in [4.69, 9.17) is 28.4 Å². The number of ether oxygens (including phenoxy) is 6. The van der Waals surface area contributed by atoms with Crippen molar-refractivity contribution in [1.29, 1.82) is 0 Å². The summed E-state index contributed by atoms with van der Waals surface area (Å²) in [5.41, 5.74) is -0.599. The second-order valence-corrected chi connectivity index (χ2v) is 23.0. The summed E-state index contributed by atoms with van der Waals surface area (Å²) >= 11 is 0. The van der Waals surface area contributed by atoms with Crippen LogP contribution in [-0.4, -0.2) is 169 Å². The summed E-state index contributed by atoms with van der Waals surface area (Å²) in [4.78, 5) is 14.7. The molecular formula is C47H76O17. The van der Waals surface area contributed by atoms with Gasteiger partial charge in [-0.3, -0.25) is 4.79 Å². The number of rotatable bonds is 8. The average Bonchev–Trinajstić information content (AvgIpc) is 3.24. The molecule has 5 aliphatic carbocycles. The van der Waals surface area contributed by atoms with Gasteiger partial charge < -0.3 is 79.5 Å². The van der Waals surface area contributed by atoms with E-state index >= 15 is 0 Å². The smallest absolute Gasteiger partial charge is 0.315 e. The lowest BCUT2D eigenvalue weighted by molar-refractivity contribution is -0.370. The molecule has 3 aliphatic heterocycles. The van der Waals surface area contributed by atoms with E-state index in [1.165, 1.54) is 5.57 Å². The number of aliphatic hydroxyl groups is 10. The van der Waals surface area contributed by atoms with Crippen LogP contribution in [-0.2, 0) is 33.2 Å². The fourth-order valence-corrected chi connectivity index (χ4v) is 14.7. The van der Waals surface area contributed by atoms with Crippen molar-refractivity contribution in [2.24, 2.45) is 50.2 Å². The molecular weight excluding hydrogens is 836 g/mol. The summed E-state index contributed by atoms with van der Waals surface area (Å²) in [7, 11) is 0. The Kier molecular flexibility index (Phi) is 13.2. The van der Waals surface area contributed by atoms with E-state index in [-0.39, 0.29) is 46.0 Å². The van der Waals surface area contributed by atoms with Crippen molar-refractivity contribution in [3.63, 3.8) is 0 Å². The standard InChI is InChI=1S/C47H76O17/c1-42(2)14-16-47(41(58)64-39-36(57)33(54)31(52)25(19-48)60-39)17-15-45(6)22(23(47)18-42)8-9-28-44(5)12-11-29(43(3,4)27(44)10-13-46(28,45)7)62-40-37(34(55)32(53)26(20-49)61-40)63-38-35(56)30(51)24(50)21-59-38/h8,23-40,48-57H,9-21H2,1-7H3/t23?,24-,25+,26+,27?,28?,29?,30+,31+,32-,33-,34-,35+,36+,37+,38+,39-,40+,44-,45+,46+,47-/m0/s1. The van der Waals surface area contributed by atoms with Crippen LogP contribution in [0.5, 0.6) is 0 Å². The van der Waals surface area contributed by atoms with E-state index in [0.29, 0.717) is 19.3 Å². The van der Waals surface area contributed by atoms with Gasteiger partial charge >= 0.3 is 5.97 Å².